The monoisotopic (exact) mass is 444 g/mol. The van der Waals surface area contributed by atoms with Crippen molar-refractivity contribution in [3.8, 4) is 11.5 Å². The van der Waals surface area contributed by atoms with E-state index in [4.69, 9.17) is 9.47 Å². The van der Waals surface area contributed by atoms with E-state index in [9.17, 15) is 18.0 Å². The Kier molecular flexibility index (Phi) is 4.83. The largest absolute Gasteiger partial charge is 0.487 e. The molecule has 2 aliphatic heterocycles. The summed E-state index contributed by atoms with van der Waals surface area (Å²) in [5.41, 5.74) is 1.38. The summed E-state index contributed by atoms with van der Waals surface area (Å²) >= 11 is 0. The van der Waals surface area contributed by atoms with Gasteiger partial charge in [0.25, 0.3) is 0 Å². The standard InChI is InChI=1S/C24H23F3N2O3/c1-29-10-11-31-22-18(4-2-5-19(22)29)28-21(30)12-15-14-23(8-3-9-23)32-20-13-16(24(25,26)27)6-7-17(15)20/h2,4-7,12-13H,3,8-11,14H2,1H3,(H,28,30). The normalized spacial score (nSPS) is 20.0. The predicted molar refractivity (Wildman–Crippen MR) is 115 cm³/mol. The molecule has 0 bridgehead atoms. The summed E-state index contributed by atoms with van der Waals surface area (Å²) in [6, 6.07) is 9.01. The van der Waals surface area contributed by atoms with Crippen LogP contribution in [-0.4, -0.2) is 31.7 Å². The number of ether oxygens (including phenoxy) is 2. The lowest BCUT2D eigenvalue weighted by molar-refractivity contribution is -0.138. The van der Waals surface area contributed by atoms with Gasteiger partial charge in [-0.2, -0.15) is 13.2 Å². The summed E-state index contributed by atoms with van der Waals surface area (Å²) in [6.45, 7) is 1.28. The van der Waals surface area contributed by atoms with E-state index in [1.165, 1.54) is 12.1 Å². The molecule has 1 spiro atoms. The summed E-state index contributed by atoms with van der Waals surface area (Å²) in [6.07, 6.45) is -0.0221. The van der Waals surface area contributed by atoms with Crippen molar-refractivity contribution in [2.45, 2.75) is 37.5 Å². The van der Waals surface area contributed by atoms with Crippen molar-refractivity contribution in [3.63, 3.8) is 0 Å². The molecular formula is C24H23F3N2O3. The molecule has 0 atom stereocenters. The van der Waals surface area contributed by atoms with E-state index in [-0.39, 0.29) is 11.7 Å². The van der Waals surface area contributed by atoms with Crippen LogP contribution in [0.1, 0.15) is 36.8 Å². The number of rotatable bonds is 2. The second kappa shape index (κ2) is 7.46. The third kappa shape index (κ3) is 3.67. The number of fused-ring (bicyclic) bond motifs is 2. The molecule has 1 fully saturated rings. The number of para-hydroxylation sites is 1. The number of benzene rings is 2. The maximum absolute atomic E-state index is 13.2. The minimum absolute atomic E-state index is 0.187. The summed E-state index contributed by atoms with van der Waals surface area (Å²) in [5, 5.41) is 2.88. The molecule has 168 valence electrons. The molecule has 2 aromatic carbocycles. The molecule has 1 saturated carbocycles. The molecule has 0 radical (unpaired) electrons. The Morgan fingerprint density at radius 1 is 1.22 bits per heavy atom. The fourth-order valence-electron chi connectivity index (χ4n) is 4.55. The van der Waals surface area contributed by atoms with Crippen LogP contribution in [0.2, 0.25) is 0 Å². The third-order valence-corrected chi connectivity index (χ3v) is 6.40. The van der Waals surface area contributed by atoms with Crippen molar-refractivity contribution >= 4 is 22.9 Å². The fourth-order valence-corrected chi connectivity index (χ4v) is 4.55. The zero-order valence-corrected chi connectivity index (χ0v) is 17.6. The van der Waals surface area contributed by atoms with Crippen molar-refractivity contribution in [2.75, 3.05) is 30.4 Å². The SMILES string of the molecule is CN1CCOc2c(NC(=O)C=C3CC4(CCC4)Oc4cc(C(F)(F)F)ccc43)cccc21. The van der Waals surface area contributed by atoms with Crippen molar-refractivity contribution < 1.29 is 27.4 Å². The van der Waals surface area contributed by atoms with Gasteiger partial charge in [0.1, 0.15) is 18.0 Å². The first-order valence-corrected chi connectivity index (χ1v) is 10.6. The second-order valence-corrected chi connectivity index (χ2v) is 8.61. The summed E-state index contributed by atoms with van der Waals surface area (Å²) in [4.78, 5) is 15.0. The number of nitrogens with zero attached hydrogens (tertiary/aromatic N) is 1. The third-order valence-electron chi connectivity index (χ3n) is 6.40. The van der Waals surface area contributed by atoms with Gasteiger partial charge >= 0.3 is 6.18 Å². The number of likely N-dealkylation sites (N-methyl/N-ethyl adjacent to an activating group) is 1. The molecule has 0 unspecified atom stereocenters. The van der Waals surface area contributed by atoms with Gasteiger partial charge in [0.05, 0.1) is 23.5 Å². The first-order valence-electron chi connectivity index (χ1n) is 10.6. The lowest BCUT2D eigenvalue weighted by Gasteiger charge is -2.46. The van der Waals surface area contributed by atoms with Crippen molar-refractivity contribution in [2.24, 2.45) is 0 Å². The van der Waals surface area contributed by atoms with Gasteiger partial charge in [0.15, 0.2) is 5.75 Å². The van der Waals surface area contributed by atoms with Gasteiger partial charge in [-0.1, -0.05) is 12.1 Å². The Bertz CT molecular complexity index is 1110. The first-order chi connectivity index (χ1) is 15.2. The van der Waals surface area contributed by atoms with Crippen LogP contribution >= 0.6 is 0 Å². The highest BCUT2D eigenvalue weighted by molar-refractivity contribution is 6.06. The van der Waals surface area contributed by atoms with Gasteiger partial charge in [-0.3, -0.25) is 4.79 Å². The number of carbonyl (C=O) groups excluding carboxylic acids is 1. The Morgan fingerprint density at radius 2 is 2.03 bits per heavy atom. The van der Waals surface area contributed by atoms with E-state index in [1.807, 2.05) is 19.2 Å². The molecule has 5 nitrogen and oxygen atoms in total. The smallest absolute Gasteiger partial charge is 0.416 e. The summed E-state index contributed by atoms with van der Waals surface area (Å²) < 4.78 is 51.4. The number of anilines is 2. The summed E-state index contributed by atoms with van der Waals surface area (Å²) in [7, 11) is 1.96. The maximum Gasteiger partial charge on any atom is 0.416 e. The number of hydrogen-bond acceptors (Lipinski definition) is 4. The molecular weight excluding hydrogens is 421 g/mol. The van der Waals surface area contributed by atoms with E-state index in [0.717, 1.165) is 43.6 Å². The molecule has 1 amide bonds. The average molecular weight is 444 g/mol. The van der Waals surface area contributed by atoms with Gasteiger partial charge < -0.3 is 19.7 Å². The molecule has 8 heteroatoms. The number of alkyl halides is 3. The highest BCUT2D eigenvalue weighted by Gasteiger charge is 2.44. The molecule has 1 aliphatic carbocycles. The number of carbonyl (C=O) groups is 1. The lowest BCUT2D eigenvalue weighted by atomic mass is 9.72. The second-order valence-electron chi connectivity index (χ2n) is 8.61. The van der Waals surface area contributed by atoms with Crippen LogP contribution in [-0.2, 0) is 11.0 Å². The molecule has 32 heavy (non-hydrogen) atoms. The fraction of sp³-hybridized carbons (Fsp3) is 0.375. The van der Waals surface area contributed by atoms with Gasteiger partial charge in [-0.25, -0.2) is 0 Å². The zero-order valence-electron chi connectivity index (χ0n) is 17.6. The maximum atomic E-state index is 13.2. The summed E-state index contributed by atoms with van der Waals surface area (Å²) in [5.74, 6) is 0.449. The van der Waals surface area contributed by atoms with Gasteiger partial charge in [0.2, 0.25) is 5.91 Å². The zero-order chi connectivity index (χ0) is 22.5. The van der Waals surface area contributed by atoms with E-state index in [1.54, 1.807) is 6.07 Å². The van der Waals surface area contributed by atoms with Crippen molar-refractivity contribution in [1.82, 2.24) is 0 Å². The highest BCUT2D eigenvalue weighted by Crippen LogP contribution is 2.50. The predicted octanol–water partition coefficient (Wildman–Crippen LogP) is 5.26. The van der Waals surface area contributed by atoms with Crippen LogP contribution in [0.4, 0.5) is 24.5 Å². The minimum atomic E-state index is -4.45. The lowest BCUT2D eigenvalue weighted by Crippen LogP contribution is -2.45. The Labute approximate surface area is 183 Å². The Balaban J connectivity index is 1.46. The van der Waals surface area contributed by atoms with E-state index in [2.05, 4.69) is 10.2 Å². The number of amides is 1. The average Bonchev–Trinajstić information content (AvgIpc) is 2.72. The number of nitrogens with one attached hydrogen (secondary N) is 1. The molecule has 0 saturated heterocycles. The van der Waals surface area contributed by atoms with E-state index >= 15 is 0 Å². The van der Waals surface area contributed by atoms with E-state index < -0.39 is 17.3 Å². The topological polar surface area (TPSA) is 50.8 Å². The minimum Gasteiger partial charge on any atom is -0.487 e. The molecule has 2 aromatic rings. The first kappa shape index (κ1) is 20.7. The number of halogens is 3. The van der Waals surface area contributed by atoms with Crippen LogP contribution in [0.3, 0.4) is 0 Å². The van der Waals surface area contributed by atoms with Crippen molar-refractivity contribution in [3.05, 3.63) is 53.6 Å². The van der Waals surface area contributed by atoms with Crippen LogP contribution < -0.4 is 19.7 Å². The highest BCUT2D eigenvalue weighted by atomic mass is 19.4. The van der Waals surface area contributed by atoms with Crippen molar-refractivity contribution in [1.29, 1.82) is 0 Å². The molecule has 1 N–H and O–H groups in total. The van der Waals surface area contributed by atoms with Gasteiger partial charge in [-0.05, 0) is 49.1 Å². The Morgan fingerprint density at radius 3 is 2.75 bits per heavy atom. The number of hydrogen-bond donors (Lipinski definition) is 1. The van der Waals surface area contributed by atoms with Crippen LogP contribution in [0.5, 0.6) is 11.5 Å². The van der Waals surface area contributed by atoms with Gasteiger partial charge in [-0.15, -0.1) is 0 Å². The van der Waals surface area contributed by atoms with E-state index in [0.29, 0.717) is 35.6 Å². The quantitative estimate of drug-likeness (QED) is 0.642. The molecule has 0 aromatic heterocycles. The van der Waals surface area contributed by atoms with Crippen LogP contribution in [0, 0.1) is 0 Å². The van der Waals surface area contributed by atoms with Crippen LogP contribution in [0.25, 0.3) is 5.57 Å². The van der Waals surface area contributed by atoms with Gasteiger partial charge in [0, 0.05) is 25.1 Å². The molecule has 3 aliphatic rings. The molecule has 2 heterocycles. The van der Waals surface area contributed by atoms with Crippen LogP contribution in [0.15, 0.2) is 42.5 Å². The molecule has 5 rings (SSSR count). The Hall–Kier alpha value is -3.16.